The predicted octanol–water partition coefficient (Wildman–Crippen LogP) is 2.37. The minimum Gasteiger partial charge on any atom is -0.302 e. The Bertz CT molecular complexity index is 164. The van der Waals surface area contributed by atoms with Crippen LogP contribution in [-0.4, -0.2) is 24.5 Å². The molecule has 0 amide bonds. The van der Waals surface area contributed by atoms with E-state index in [1.807, 2.05) is 0 Å². The van der Waals surface area contributed by atoms with E-state index < -0.39 is 0 Å². The van der Waals surface area contributed by atoms with Crippen molar-refractivity contribution in [2.75, 3.05) is 19.6 Å². The van der Waals surface area contributed by atoms with Crippen molar-refractivity contribution in [3.63, 3.8) is 0 Å². The average molecular weight is 167 g/mol. The quantitative estimate of drug-likeness (QED) is 0.624. The van der Waals surface area contributed by atoms with Crippen LogP contribution in [0, 0.1) is 17.3 Å². The Kier molecular flexibility index (Phi) is 1.95. The molecule has 0 spiro atoms. The van der Waals surface area contributed by atoms with Gasteiger partial charge in [0.05, 0.1) is 0 Å². The lowest BCUT2D eigenvalue weighted by molar-refractivity contribution is 0.0434. The molecule has 1 saturated carbocycles. The summed E-state index contributed by atoms with van der Waals surface area (Å²) < 4.78 is 0. The monoisotopic (exact) mass is 167 g/mol. The minimum atomic E-state index is 0.771. The molecule has 0 aromatic carbocycles. The summed E-state index contributed by atoms with van der Waals surface area (Å²) in [7, 11) is 0. The van der Waals surface area contributed by atoms with Gasteiger partial charge in [-0.3, -0.25) is 0 Å². The Hall–Kier alpha value is -0.0400. The molecule has 2 rings (SSSR count). The summed E-state index contributed by atoms with van der Waals surface area (Å²) in [6.07, 6.45) is 2.99. The van der Waals surface area contributed by atoms with Crippen molar-refractivity contribution in [1.29, 1.82) is 0 Å². The van der Waals surface area contributed by atoms with Gasteiger partial charge in [-0.1, -0.05) is 20.8 Å². The van der Waals surface area contributed by atoms with Gasteiger partial charge in [0, 0.05) is 19.6 Å². The molecule has 0 aromatic rings. The summed E-state index contributed by atoms with van der Waals surface area (Å²) in [6, 6.07) is 0. The molecule has 2 fully saturated rings. The predicted molar refractivity (Wildman–Crippen MR) is 52.1 cm³/mol. The zero-order valence-corrected chi connectivity index (χ0v) is 8.64. The molecular formula is C11H21N. The molecular weight excluding hydrogens is 146 g/mol. The molecule has 0 N–H and O–H groups in total. The van der Waals surface area contributed by atoms with Crippen molar-refractivity contribution in [3.8, 4) is 0 Å². The van der Waals surface area contributed by atoms with Gasteiger partial charge in [-0.2, -0.15) is 0 Å². The average Bonchev–Trinajstić information content (AvgIpc) is 2.58. The van der Waals surface area contributed by atoms with Crippen LogP contribution in [0.2, 0.25) is 0 Å². The molecule has 1 nitrogen and oxygen atoms in total. The number of hydrogen-bond acceptors (Lipinski definition) is 1. The van der Waals surface area contributed by atoms with Gasteiger partial charge < -0.3 is 4.90 Å². The van der Waals surface area contributed by atoms with Crippen molar-refractivity contribution in [1.82, 2.24) is 4.90 Å². The van der Waals surface area contributed by atoms with Gasteiger partial charge in [0.15, 0.2) is 0 Å². The SMILES string of the molecule is CC(C)CN1CC(C2(C)CC2)C1. The summed E-state index contributed by atoms with van der Waals surface area (Å²) in [5, 5.41) is 0. The standard InChI is InChI=1S/C11H21N/c1-9(2)6-12-7-10(8-12)11(3)4-5-11/h9-10H,4-8H2,1-3H3. The summed E-state index contributed by atoms with van der Waals surface area (Å²) in [4.78, 5) is 2.61. The smallest absolute Gasteiger partial charge is 0.00274 e. The second kappa shape index (κ2) is 2.73. The van der Waals surface area contributed by atoms with E-state index in [0.29, 0.717) is 0 Å². The van der Waals surface area contributed by atoms with Gasteiger partial charge in [0.1, 0.15) is 0 Å². The van der Waals surface area contributed by atoms with Gasteiger partial charge in [-0.05, 0) is 30.1 Å². The number of rotatable bonds is 3. The van der Waals surface area contributed by atoms with Gasteiger partial charge >= 0.3 is 0 Å². The maximum atomic E-state index is 2.61. The fraction of sp³-hybridized carbons (Fsp3) is 1.00. The van der Waals surface area contributed by atoms with Crippen molar-refractivity contribution >= 4 is 0 Å². The molecule has 1 heterocycles. The molecule has 1 saturated heterocycles. The molecule has 70 valence electrons. The van der Waals surface area contributed by atoms with E-state index in [-0.39, 0.29) is 0 Å². The lowest BCUT2D eigenvalue weighted by Gasteiger charge is -2.43. The Labute approximate surface area is 76.1 Å². The first-order valence-corrected chi connectivity index (χ1v) is 5.32. The summed E-state index contributed by atoms with van der Waals surface area (Å²) in [5.41, 5.74) is 0.771. The van der Waals surface area contributed by atoms with Crippen molar-refractivity contribution in [2.24, 2.45) is 17.3 Å². The molecule has 0 aromatic heterocycles. The van der Waals surface area contributed by atoms with Crippen LogP contribution in [-0.2, 0) is 0 Å². The molecule has 1 aliphatic heterocycles. The normalized spacial score (nSPS) is 29.0. The maximum absolute atomic E-state index is 2.61. The van der Waals surface area contributed by atoms with Crippen LogP contribution in [0.15, 0.2) is 0 Å². The number of nitrogens with zero attached hydrogens (tertiary/aromatic N) is 1. The molecule has 0 atom stereocenters. The van der Waals surface area contributed by atoms with Crippen molar-refractivity contribution in [3.05, 3.63) is 0 Å². The second-order valence-corrected chi connectivity index (χ2v) is 5.46. The fourth-order valence-electron chi connectivity index (χ4n) is 2.28. The second-order valence-electron chi connectivity index (χ2n) is 5.46. The van der Waals surface area contributed by atoms with Crippen LogP contribution in [0.4, 0.5) is 0 Å². The zero-order chi connectivity index (χ0) is 8.77. The van der Waals surface area contributed by atoms with Gasteiger partial charge in [-0.15, -0.1) is 0 Å². The molecule has 0 bridgehead atoms. The first-order chi connectivity index (χ1) is 5.60. The highest BCUT2D eigenvalue weighted by Gasteiger charge is 2.49. The third kappa shape index (κ3) is 1.52. The van der Waals surface area contributed by atoms with Crippen LogP contribution in [0.1, 0.15) is 33.6 Å². The third-order valence-corrected chi connectivity index (χ3v) is 3.60. The molecule has 0 radical (unpaired) electrons. The van der Waals surface area contributed by atoms with Crippen LogP contribution in [0.3, 0.4) is 0 Å². The maximum Gasteiger partial charge on any atom is 0.00274 e. The van der Waals surface area contributed by atoms with Crippen molar-refractivity contribution in [2.45, 2.75) is 33.6 Å². The van der Waals surface area contributed by atoms with E-state index in [1.165, 1.54) is 32.5 Å². The summed E-state index contributed by atoms with van der Waals surface area (Å²) in [6.45, 7) is 11.2. The van der Waals surface area contributed by atoms with Crippen LogP contribution >= 0.6 is 0 Å². The molecule has 1 aliphatic carbocycles. The van der Waals surface area contributed by atoms with Crippen LogP contribution < -0.4 is 0 Å². The first kappa shape index (κ1) is 8.55. The third-order valence-electron chi connectivity index (χ3n) is 3.60. The molecule has 1 heteroatoms. The van der Waals surface area contributed by atoms with Crippen LogP contribution in [0.5, 0.6) is 0 Å². The Morgan fingerprint density at radius 2 is 1.92 bits per heavy atom. The highest BCUT2D eigenvalue weighted by atomic mass is 15.2. The fourth-order valence-corrected chi connectivity index (χ4v) is 2.28. The molecule has 0 unspecified atom stereocenters. The van der Waals surface area contributed by atoms with Crippen molar-refractivity contribution < 1.29 is 0 Å². The highest BCUT2D eigenvalue weighted by molar-refractivity contribution is 5.01. The van der Waals surface area contributed by atoms with E-state index in [1.54, 1.807) is 0 Å². The van der Waals surface area contributed by atoms with E-state index in [2.05, 4.69) is 25.7 Å². The first-order valence-electron chi connectivity index (χ1n) is 5.32. The Morgan fingerprint density at radius 3 is 2.33 bits per heavy atom. The Balaban J connectivity index is 1.70. The van der Waals surface area contributed by atoms with E-state index in [0.717, 1.165) is 17.3 Å². The van der Waals surface area contributed by atoms with Gasteiger partial charge in [-0.25, -0.2) is 0 Å². The minimum absolute atomic E-state index is 0.771. The summed E-state index contributed by atoms with van der Waals surface area (Å²) in [5.74, 6) is 1.88. The largest absolute Gasteiger partial charge is 0.302 e. The lowest BCUT2D eigenvalue weighted by atomic mass is 9.84. The molecule has 12 heavy (non-hydrogen) atoms. The van der Waals surface area contributed by atoms with E-state index in [4.69, 9.17) is 0 Å². The number of hydrogen-bond donors (Lipinski definition) is 0. The zero-order valence-electron chi connectivity index (χ0n) is 8.64. The summed E-state index contributed by atoms with van der Waals surface area (Å²) >= 11 is 0. The Morgan fingerprint density at radius 1 is 1.33 bits per heavy atom. The topological polar surface area (TPSA) is 3.24 Å². The van der Waals surface area contributed by atoms with E-state index >= 15 is 0 Å². The lowest BCUT2D eigenvalue weighted by Crippen LogP contribution is -2.51. The van der Waals surface area contributed by atoms with Gasteiger partial charge in [0.2, 0.25) is 0 Å². The number of likely N-dealkylation sites (tertiary alicyclic amines) is 1. The van der Waals surface area contributed by atoms with E-state index in [9.17, 15) is 0 Å². The highest BCUT2D eigenvalue weighted by Crippen LogP contribution is 2.54. The van der Waals surface area contributed by atoms with Crippen LogP contribution in [0.25, 0.3) is 0 Å². The van der Waals surface area contributed by atoms with Gasteiger partial charge in [0.25, 0.3) is 0 Å². The molecule has 2 aliphatic rings.